The number of nitrogens with two attached hydrogens (primary N) is 1. The average Bonchev–Trinajstić information content (AvgIpc) is 1.90. The van der Waals surface area contributed by atoms with Crippen LogP contribution in [0.15, 0.2) is 18.1 Å². The van der Waals surface area contributed by atoms with Gasteiger partial charge in [-0.3, -0.25) is 0 Å². The molecule has 0 atom stereocenters. The van der Waals surface area contributed by atoms with E-state index in [-0.39, 0.29) is 21.3 Å². The highest BCUT2D eigenvalue weighted by molar-refractivity contribution is 14.1. The summed E-state index contributed by atoms with van der Waals surface area (Å²) >= 11 is -0.256. The van der Waals surface area contributed by atoms with Gasteiger partial charge in [-0.2, -0.15) is 0 Å². The normalized spacial score (nSPS) is 17.4. The van der Waals surface area contributed by atoms with E-state index >= 15 is 0 Å². The number of halogens is 1. The highest BCUT2D eigenvalue weighted by atomic mass is 127. The van der Waals surface area contributed by atoms with Crippen LogP contribution in [0.1, 0.15) is 0 Å². The minimum absolute atomic E-state index is 0.256. The Morgan fingerprint density at radius 1 is 1.75 bits per heavy atom. The third kappa shape index (κ3) is 1.45. The maximum Gasteiger partial charge on any atom is 0.142 e. The van der Waals surface area contributed by atoms with E-state index in [0.717, 1.165) is 5.57 Å². The van der Waals surface area contributed by atoms with Gasteiger partial charge in [-0.05, 0) is 0 Å². The van der Waals surface area contributed by atoms with Crippen LogP contribution in [0.5, 0.6) is 0 Å². The molecule has 1 aliphatic heterocycles. The van der Waals surface area contributed by atoms with Gasteiger partial charge in [0.2, 0.25) is 0 Å². The molecule has 1 aliphatic rings. The van der Waals surface area contributed by atoms with Gasteiger partial charge in [0.05, 0.1) is 0 Å². The molecule has 4 heteroatoms. The Labute approximate surface area is 58.2 Å². The first-order valence-corrected chi connectivity index (χ1v) is 4.12. The van der Waals surface area contributed by atoms with Gasteiger partial charge in [0.1, 0.15) is 21.3 Å². The fourth-order valence-corrected chi connectivity index (χ4v) is 1.44. The fraction of sp³-hybridized carbons (Fsp3) is 0.250. The van der Waals surface area contributed by atoms with E-state index in [1.165, 1.54) is 0 Å². The third-order valence-electron chi connectivity index (χ3n) is 0.752. The van der Waals surface area contributed by atoms with Crippen molar-refractivity contribution in [1.29, 1.82) is 0 Å². The van der Waals surface area contributed by atoms with Crippen molar-refractivity contribution in [2.45, 2.75) is 0 Å². The van der Waals surface area contributed by atoms with Crippen molar-refractivity contribution < 1.29 is 0 Å². The zero-order valence-electron chi connectivity index (χ0n) is 4.21. The summed E-state index contributed by atoms with van der Waals surface area (Å²) in [6.45, 7) is 0.552. The molecule has 0 aliphatic carbocycles. The lowest BCUT2D eigenvalue weighted by atomic mass is 10.3. The Morgan fingerprint density at radius 2 is 2.62 bits per heavy atom. The number of rotatable bonds is 1. The van der Waals surface area contributed by atoms with Gasteiger partial charge < -0.3 is 5.73 Å². The van der Waals surface area contributed by atoms with Crippen LogP contribution in [-0.4, -0.2) is 12.8 Å². The molecule has 0 aromatic carbocycles. The van der Waals surface area contributed by atoms with Crippen molar-refractivity contribution in [2.24, 2.45) is 12.1 Å². The van der Waals surface area contributed by atoms with Crippen molar-refractivity contribution in [2.75, 3.05) is 6.54 Å². The predicted octanol–water partition coefficient (Wildman–Crippen LogP) is 0.983. The van der Waals surface area contributed by atoms with Gasteiger partial charge in [0.15, 0.2) is 0 Å². The zero-order valence-corrected chi connectivity index (χ0v) is 6.37. The van der Waals surface area contributed by atoms with E-state index in [1.807, 2.05) is 0 Å². The quantitative estimate of drug-likeness (QED) is 0.662. The maximum atomic E-state index is 5.30. The van der Waals surface area contributed by atoms with Crippen molar-refractivity contribution in [3.63, 3.8) is 0 Å². The van der Waals surface area contributed by atoms with Crippen LogP contribution in [0.2, 0.25) is 0 Å². The Morgan fingerprint density at radius 3 is 3.00 bits per heavy atom. The van der Waals surface area contributed by atoms with Crippen LogP contribution in [0.25, 0.3) is 0 Å². The van der Waals surface area contributed by atoms with Crippen molar-refractivity contribution in [1.82, 2.24) is 0 Å². The van der Waals surface area contributed by atoms with Gasteiger partial charge >= 0.3 is 0 Å². The first kappa shape index (κ1) is 6.03. The predicted molar refractivity (Wildman–Crippen MR) is 42.1 cm³/mol. The van der Waals surface area contributed by atoms with Crippen LogP contribution < -0.4 is 5.73 Å². The molecule has 8 heavy (non-hydrogen) atoms. The van der Waals surface area contributed by atoms with Crippen LogP contribution in [0, 0.1) is 0 Å². The Balaban J connectivity index is 2.68. The van der Waals surface area contributed by atoms with E-state index in [2.05, 4.69) is 6.35 Å². The Bertz CT molecular complexity index is 159. The van der Waals surface area contributed by atoms with Crippen LogP contribution in [0.4, 0.5) is 0 Å². The monoisotopic (exact) mass is 223 g/mol. The molecular weight excluding hydrogens is 217 g/mol. The SMILES string of the molecule is NCC1=CN=IN=C1. The first-order valence-electron chi connectivity index (χ1n) is 2.19. The molecule has 1 rings (SSSR count). The molecule has 0 bridgehead atoms. The number of nitrogens with zero attached hydrogens (tertiary/aromatic N) is 2. The Hall–Kier alpha value is -0.100. The summed E-state index contributed by atoms with van der Waals surface area (Å²) in [4.78, 5) is 0. The molecule has 0 unspecified atom stereocenters. The lowest BCUT2D eigenvalue weighted by Crippen LogP contribution is -2.03. The molecule has 2 N–H and O–H groups in total. The van der Waals surface area contributed by atoms with E-state index in [1.54, 1.807) is 12.4 Å². The lowest BCUT2D eigenvalue weighted by molar-refractivity contribution is 1.21. The highest BCUT2D eigenvalue weighted by Crippen LogP contribution is 2.08. The number of hydrogen-bond donors (Lipinski definition) is 1. The van der Waals surface area contributed by atoms with E-state index in [4.69, 9.17) is 5.73 Å². The molecule has 0 amide bonds. The molecule has 0 radical (unpaired) electrons. The van der Waals surface area contributed by atoms with Crippen LogP contribution in [0.3, 0.4) is 0 Å². The number of hydrogen-bond acceptors (Lipinski definition) is 3. The minimum Gasteiger partial charge on any atom is -0.326 e. The van der Waals surface area contributed by atoms with Gasteiger partial charge in [0, 0.05) is 24.5 Å². The second-order valence-electron chi connectivity index (χ2n) is 1.31. The largest absolute Gasteiger partial charge is 0.326 e. The third-order valence-corrected chi connectivity index (χ3v) is 1.81. The average molecular weight is 223 g/mol. The molecule has 44 valence electrons. The van der Waals surface area contributed by atoms with Crippen molar-refractivity contribution in [3.05, 3.63) is 11.8 Å². The molecule has 0 saturated carbocycles. The zero-order chi connectivity index (χ0) is 5.82. The molecule has 0 spiro atoms. The molecular formula is C4H6IN3. The van der Waals surface area contributed by atoms with Crippen LogP contribution >= 0.6 is 21.3 Å². The molecule has 3 nitrogen and oxygen atoms in total. The Kier molecular flexibility index (Phi) is 2.28. The standard InChI is InChI=1S/C4H6IN3/c6-1-4-2-7-5-8-3-4/h2-3H,1,6H2. The summed E-state index contributed by atoms with van der Waals surface area (Å²) in [5, 5.41) is 0. The van der Waals surface area contributed by atoms with Crippen molar-refractivity contribution >= 4 is 27.5 Å². The van der Waals surface area contributed by atoms with Crippen LogP contribution in [-0.2, 0) is 0 Å². The second kappa shape index (κ2) is 3.03. The molecule has 0 fully saturated rings. The van der Waals surface area contributed by atoms with E-state index < -0.39 is 0 Å². The molecule has 0 aromatic heterocycles. The second-order valence-corrected chi connectivity index (χ2v) is 2.85. The summed E-state index contributed by atoms with van der Waals surface area (Å²) in [5.41, 5.74) is 6.32. The summed E-state index contributed by atoms with van der Waals surface area (Å²) in [6.07, 6.45) is 3.61. The smallest absolute Gasteiger partial charge is 0.142 e. The summed E-state index contributed by atoms with van der Waals surface area (Å²) in [6, 6.07) is 0. The van der Waals surface area contributed by atoms with Gasteiger partial charge in [-0.1, -0.05) is 0 Å². The van der Waals surface area contributed by atoms with E-state index in [9.17, 15) is 0 Å². The van der Waals surface area contributed by atoms with E-state index in [0.29, 0.717) is 6.54 Å². The van der Waals surface area contributed by atoms with Gasteiger partial charge in [-0.25, -0.2) is 6.35 Å². The summed E-state index contributed by atoms with van der Waals surface area (Å²) in [5.74, 6) is 0. The lowest BCUT2D eigenvalue weighted by Gasteiger charge is -1.93. The fourth-order valence-electron chi connectivity index (χ4n) is 0.333. The maximum absolute atomic E-state index is 5.30. The topological polar surface area (TPSA) is 50.7 Å². The first-order chi connectivity index (χ1) is 3.93. The highest BCUT2D eigenvalue weighted by Gasteiger charge is 1.88. The molecule has 0 saturated heterocycles. The minimum atomic E-state index is -0.256. The van der Waals surface area contributed by atoms with Gasteiger partial charge in [0.25, 0.3) is 0 Å². The molecule has 1 heterocycles. The van der Waals surface area contributed by atoms with Crippen molar-refractivity contribution in [3.8, 4) is 0 Å². The summed E-state index contributed by atoms with van der Waals surface area (Å²) in [7, 11) is 0. The molecule has 0 aromatic rings. The van der Waals surface area contributed by atoms with Gasteiger partial charge in [-0.15, -0.1) is 0 Å². The summed E-state index contributed by atoms with van der Waals surface area (Å²) < 4.78 is 8.00.